The summed E-state index contributed by atoms with van der Waals surface area (Å²) in [4.78, 5) is 12.0. The van der Waals surface area contributed by atoms with Crippen LogP contribution in [0.3, 0.4) is 0 Å². The molecule has 0 aliphatic carbocycles. The maximum atomic E-state index is 12.0. The molecule has 5 heteroatoms. The molecule has 1 aromatic rings. The maximum Gasteiger partial charge on any atom is 0.261 e. The molecule has 1 aromatic carbocycles. The highest BCUT2D eigenvalue weighted by Crippen LogP contribution is 2.28. The van der Waals surface area contributed by atoms with Crippen LogP contribution in [0.4, 0.5) is 0 Å². The van der Waals surface area contributed by atoms with Gasteiger partial charge in [-0.15, -0.1) is 0 Å². The van der Waals surface area contributed by atoms with E-state index in [1.54, 1.807) is 0 Å². The van der Waals surface area contributed by atoms with Crippen molar-refractivity contribution in [1.29, 1.82) is 0 Å². The van der Waals surface area contributed by atoms with E-state index in [0.29, 0.717) is 19.4 Å². The number of nitrogens with one attached hydrogen (secondary N) is 1. The minimum absolute atomic E-state index is 0.184. The Labute approximate surface area is 111 Å². The number of hydrogen-bond donors (Lipinski definition) is 2. The van der Waals surface area contributed by atoms with Crippen molar-refractivity contribution in [2.24, 2.45) is 0 Å². The van der Waals surface area contributed by atoms with E-state index in [1.807, 2.05) is 24.3 Å². The van der Waals surface area contributed by atoms with Gasteiger partial charge >= 0.3 is 0 Å². The van der Waals surface area contributed by atoms with E-state index in [4.69, 9.17) is 9.47 Å². The smallest absolute Gasteiger partial charge is 0.261 e. The van der Waals surface area contributed by atoms with Crippen LogP contribution >= 0.6 is 0 Å². The number of aliphatic hydroxyl groups is 1. The largest absolute Gasteiger partial charge is 0.480 e. The van der Waals surface area contributed by atoms with Gasteiger partial charge in [0.15, 0.2) is 6.10 Å². The molecule has 2 atom stereocenters. The molecular formula is C14H17NO4. The first-order valence-corrected chi connectivity index (χ1v) is 6.49. The van der Waals surface area contributed by atoms with Crippen molar-refractivity contribution in [2.75, 3.05) is 19.8 Å². The van der Waals surface area contributed by atoms with Crippen molar-refractivity contribution in [3.63, 3.8) is 0 Å². The van der Waals surface area contributed by atoms with Crippen molar-refractivity contribution < 1.29 is 19.4 Å². The normalized spacial score (nSPS) is 28.8. The summed E-state index contributed by atoms with van der Waals surface area (Å²) in [6.45, 7) is 1.03. The zero-order chi connectivity index (χ0) is 13.3. The fourth-order valence-electron chi connectivity index (χ4n) is 2.43. The van der Waals surface area contributed by atoms with Crippen LogP contribution in [0.1, 0.15) is 12.0 Å². The van der Waals surface area contributed by atoms with Crippen LogP contribution in [0, 0.1) is 0 Å². The molecule has 0 saturated carbocycles. The molecule has 2 heterocycles. The maximum absolute atomic E-state index is 12.0. The van der Waals surface area contributed by atoms with Gasteiger partial charge in [0.1, 0.15) is 11.4 Å². The molecule has 0 aromatic heterocycles. The predicted molar refractivity (Wildman–Crippen MR) is 68.0 cm³/mol. The third-order valence-electron chi connectivity index (χ3n) is 3.61. The van der Waals surface area contributed by atoms with E-state index < -0.39 is 11.7 Å². The van der Waals surface area contributed by atoms with E-state index in [0.717, 1.165) is 11.3 Å². The van der Waals surface area contributed by atoms with Crippen molar-refractivity contribution in [2.45, 2.75) is 24.5 Å². The highest BCUT2D eigenvalue weighted by Gasteiger charge is 2.35. The number of hydrogen-bond acceptors (Lipinski definition) is 4. The van der Waals surface area contributed by atoms with Crippen molar-refractivity contribution in [1.82, 2.24) is 5.32 Å². The summed E-state index contributed by atoms with van der Waals surface area (Å²) in [6.07, 6.45) is 0.638. The van der Waals surface area contributed by atoms with Crippen LogP contribution in [-0.2, 0) is 16.0 Å². The first-order valence-electron chi connectivity index (χ1n) is 6.49. The number of ether oxygens (including phenoxy) is 2. The SMILES string of the molecule is O=C(NCC1(O)CCOC1)C1Cc2ccccc2O1. The molecule has 102 valence electrons. The molecule has 2 aliphatic heterocycles. The molecule has 0 radical (unpaired) electrons. The molecule has 19 heavy (non-hydrogen) atoms. The van der Waals surface area contributed by atoms with Gasteiger partial charge in [-0.2, -0.15) is 0 Å². The number of carbonyl (C=O) groups excluding carboxylic acids is 1. The number of amides is 1. The summed E-state index contributed by atoms with van der Waals surface area (Å²) in [5.74, 6) is 0.585. The van der Waals surface area contributed by atoms with Crippen LogP contribution in [0.2, 0.25) is 0 Å². The lowest BCUT2D eigenvalue weighted by Crippen LogP contribution is -2.47. The van der Waals surface area contributed by atoms with Crippen molar-refractivity contribution >= 4 is 5.91 Å². The third-order valence-corrected chi connectivity index (χ3v) is 3.61. The Morgan fingerprint density at radius 2 is 2.32 bits per heavy atom. The fraction of sp³-hybridized carbons (Fsp3) is 0.500. The number of para-hydroxylation sites is 1. The Hall–Kier alpha value is -1.59. The summed E-state index contributed by atoms with van der Waals surface area (Å²) < 4.78 is 10.7. The molecule has 2 aliphatic rings. The van der Waals surface area contributed by atoms with Gasteiger partial charge in [0.05, 0.1) is 6.61 Å². The van der Waals surface area contributed by atoms with Crippen LogP contribution in [0.15, 0.2) is 24.3 Å². The molecule has 5 nitrogen and oxygen atoms in total. The number of benzene rings is 1. The fourth-order valence-corrected chi connectivity index (χ4v) is 2.43. The minimum atomic E-state index is -0.929. The Morgan fingerprint density at radius 3 is 3.05 bits per heavy atom. The van der Waals surface area contributed by atoms with E-state index in [1.165, 1.54) is 0 Å². The molecule has 2 unspecified atom stereocenters. The van der Waals surface area contributed by atoms with E-state index in [-0.39, 0.29) is 19.1 Å². The van der Waals surface area contributed by atoms with Crippen LogP contribution in [0.5, 0.6) is 5.75 Å². The van der Waals surface area contributed by atoms with Gasteiger partial charge in [-0.05, 0) is 11.6 Å². The monoisotopic (exact) mass is 263 g/mol. The molecule has 2 N–H and O–H groups in total. The lowest BCUT2D eigenvalue weighted by atomic mass is 10.0. The Balaban J connectivity index is 1.55. The molecule has 0 bridgehead atoms. The second kappa shape index (κ2) is 4.83. The molecular weight excluding hydrogens is 246 g/mol. The Kier molecular flexibility index (Phi) is 3.16. The molecule has 1 amide bonds. The van der Waals surface area contributed by atoms with Gasteiger partial charge in [0.25, 0.3) is 5.91 Å². The lowest BCUT2D eigenvalue weighted by molar-refractivity contribution is -0.128. The molecule has 0 spiro atoms. The van der Waals surface area contributed by atoms with Gasteiger partial charge in [-0.3, -0.25) is 4.79 Å². The highest BCUT2D eigenvalue weighted by atomic mass is 16.5. The van der Waals surface area contributed by atoms with Crippen molar-refractivity contribution in [3.8, 4) is 5.75 Å². The Bertz CT molecular complexity index is 457. The van der Waals surface area contributed by atoms with Crippen LogP contribution < -0.4 is 10.1 Å². The molecule has 1 fully saturated rings. The van der Waals surface area contributed by atoms with Crippen LogP contribution in [0.25, 0.3) is 0 Å². The van der Waals surface area contributed by atoms with Gasteiger partial charge < -0.3 is 19.9 Å². The van der Waals surface area contributed by atoms with E-state index in [2.05, 4.69) is 5.32 Å². The quantitative estimate of drug-likeness (QED) is 0.820. The summed E-state index contributed by atoms with van der Waals surface area (Å²) in [5, 5.41) is 12.8. The standard InChI is InChI=1S/C14H17NO4/c16-13(15-8-14(17)5-6-18-9-14)12-7-10-3-1-2-4-11(10)19-12/h1-4,12,17H,5-9H2,(H,15,16). The van der Waals surface area contributed by atoms with E-state index in [9.17, 15) is 9.90 Å². The summed E-state index contributed by atoms with van der Waals surface area (Å²) in [7, 11) is 0. The van der Waals surface area contributed by atoms with Gasteiger partial charge in [-0.25, -0.2) is 0 Å². The average Bonchev–Trinajstić information content (AvgIpc) is 3.02. The average molecular weight is 263 g/mol. The molecule has 3 rings (SSSR count). The van der Waals surface area contributed by atoms with Crippen molar-refractivity contribution in [3.05, 3.63) is 29.8 Å². The van der Waals surface area contributed by atoms with Gasteiger partial charge in [-0.1, -0.05) is 18.2 Å². The predicted octanol–water partition coefficient (Wildman–Crippen LogP) is 0.258. The summed E-state index contributed by atoms with van der Waals surface area (Å²) in [5.41, 5.74) is 0.117. The highest BCUT2D eigenvalue weighted by molar-refractivity contribution is 5.82. The van der Waals surface area contributed by atoms with Gasteiger partial charge in [0.2, 0.25) is 0 Å². The first-order chi connectivity index (χ1) is 9.16. The first kappa shape index (κ1) is 12.4. The number of fused-ring (bicyclic) bond motifs is 1. The molecule has 1 saturated heterocycles. The zero-order valence-corrected chi connectivity index (χ0v) is 10.6. The lowest BCUT2D eigenvalue weighted by Gasteiger charge is -2.21. The minimum Gasteiger partial charge on any atom is -0.480 e. The second-order valence-corrected chi connectivity index (χ2v) is 5.16. The third kappa shape index (κ3) is 2.57. The number of rotatable bonds is 3. The Morgan fingerprint density at radius 1 is 1.47 bits per heavy atom. The van der Waals surface area contributed by atoms with Crippen LogP contribution in [-0.4, -0.2) is 42.5 Å². The van der Waals surface area contributed by atoms with E-state index >= 15 is 0 Å². The topological polar surface area (TPSA) is 67.8 Å². The zero-order valence-electron chi connectivity index (χ0n) is 10.6. The summed E-state index contributed by atoms with van der Waals surface area (Å²) in [6, 6.07) is 7.64. The number of carbonyl (C=O) groups is 1. The second-order valence-electron chi connectivity index (χ2n) is 5.16. The van der Waals surface area contributed by atoms with Gasteiger partial charge in [0, 0.05) is 26.0 Å². The summed E-state index contributed by atoms with van der Waals surface area (Å²) >= 11 is 0.